The van der Waals surface area contributed by atoms with Gasteiger partial charge in [0.15, 0.2) is 0 Å². The van der Waals surface area contributed by atoms with Gasteiger partial charge in [-0.05, 0) is 24.6 Å². The molecule has 1 aromatic rings. The lowest BCUT2D eigenvalue weighted by Crippen LogP contribution is -2.39. The van der Waals surface area contributed by atoms with Gasteiger partial charge in [0, 0.05) is 10.5 Å². The van der Waals surface area contributed by atoms with Gasteiger partial charge in [-0.25, -0.2) is 0 Å². The Kier molecular flexibility index (Phi) is 5.37. The van der Waals surface area contributed by atoms with E-state index in [1.54, 1.807) is 31.2 Å². The molecule has 0 aliphatic rings. The third-order valence-corrected chi connectivity index (χ3v) is 3.15. The summed E-state index contributed by atoms with van der Waals surface area (Å²) in [6.07, 6.45) is -4.43. The summed E-state index contributed by atoms with van der Waals surface area (Å²) in [7, 11) is 0. The smallest absolute Gasteiger partial charge is 0.401 e. The lowest BCUT2D eigenvalue weighted by Gasteiger charge is -2.28. The van der Waals surface area contributed by atoms with Crippen molar-refractivity contribution < 1.29 is 23.1 Å². The molecule has 0 aliphatic heterocycles. The van der Waals surface area contributed by atoms with Crippen molar-refractivity contribution in [2.45, 2.75) is 19.1 Å². The third-order valence-electron chi connectivity index (χ3n) is 2.62. The second kappa shape index (κ2) is 6.38. The summed E-state index contributed by atoms with van der Waals surface area (Å²) >= 11 is 3.23. The minimum atomic E-state index is -4.43. The van der Waals surface area contributed by atoms with Crippen molar-refractivity contribution in [3.8, 4) is 0 Å². The monoisotopic (exact) mass is 339 g/mol. The molecule has 7 heteroatoms. The van der Waals surface area contributed by atoms with E-state index in [1.807, 2.05) is 0 Å². The number of rotatable bonds is 5. The maximum absolute atomic E-state index is 12.5. The van der Waals surface area contributed by atoms with E-state index in [4.69, 9.17) is 5.11 Å². The first kappa shape index (κ1) is 16.0. The van der Waals surface area contributed by atoms with E-state index in [0.717, 1.165) is 9.37 Å². The number of nitrogens with zero attached hydrogens (tertiary/aromatic N) is 1. The first-order valence-electron chi connectivity index (χ1n) is 5.47. The van der Waals surface area contributed by atoms with E-state index < -0.39 is 31.3 Å². The Balaban J connectivity index is 2.89. The SMILES string of the molecule is CC(c1ccc(Br)cc1)N(CC(=O)O)CC(F)(F)F. The van der Waals surface area contributed by atoms with E-state index in [0.29, 0.717) is 5.56 Å². The molecule has 1 N–H and O–H groups in total. The van der Waals surface area contributed by atoms with Crippen LogP contribution in [0.4, 0.5) is 13.2 Å². The summed E-state index contributed by atoms with van der Waals surface area (Å²) in [5.41, 5.74) is 0.633. The highest BCUT2D eigenvalue weighted by atomic mass is 79.9. The summed E-state index contributed by atoms with van der Waals surface area (Å²) in [5, 5.41) is 8.70. The molecule has 106 valence electrons. The molecular formula is C12H13BrF3NO2. The minimum Gasteiger partial charge on any atom is -0.480 e. The number of carbonyl (C=O) groups is 1. The number of benzene rings is 1. The average molecular weight is 340 g/mol. The van der Waals surface area contributed by atoms with Gasteiger partial charge in [-0.3, -0.25) is 9.69 Å². The number of hydrogen-bond acceptors (Lipinski definition) is 2. The molecule has 1 aromatic carbocycles. The van der Waals surface area contributed by atoms with Gasteiger partial charge in [0.2, 0.25) is 0 Å². The van der Waals surface area contributed by atoms with E-state index >= 15 is 0 Å². The second-order valence-corrected chi connectivity index (χ2v) is 5.06. The van der Waals surface area contributed by atoms with Crippen LogP contribution in [0.15, 0.2) is 28.7 Å². The summed E-state index contributed by atoms with van der Waals surface area (Å²) in [6, 6.07) is 6.11. The fraction of sp³-hybridized carbons (Fsp3) is 0.417. The van der Waals surface area contributed by atoms with Gasteiger partial charge < -0.3 is 5.11 Å². The number of alkyl halides is 3. The maximum Gasteiger partial charge on any atom is 0.401 e. The molecule has 0 radical (unpaired) electrons. The Labute approximate surface area is 117 Å². The van der Waals surface area contributed by atoms with Crippen molar-refractivity contribution in [3.05, 3.63) is 34.3 Å². The zero-order valence-electron chi connectivity index (χ0n) is 10.1. The quantitative estimate of drug-likeness (QED) is 0.893. The second-order valence-electron chi connectivity index (χ2n) is 4.14. The third kappa shape index (κ3) is 5.61. The molecule has 3 nitrogen and oxygen atoms in total. The summed E-state index contributed by atoms with van der Waals surface area (Å²) in [5.74, 6) is -1.28. The van der Waals surface area contributed by atoms with E-state index in [-0.39, 0.29) is 0 Å². The van der Waals surface area contributed by atoms with Gasteiger partial charge in [-0.2, -0.15) is 13.2 Å². The summed E-state index contributed by atoms with van der Waals surface area (Å²) in [6.45, 7) is -0.356. The summed E-state index contributed by atoms with van der Waals surface area (Å²) < 4.78 is 38.2. The highest BCUT2D eigenvalue weighted by molar-refractivity contribution is 9.10. The van der Waals surface area contributed by atoms with Crippen molar-refractivity contribution >= 4 is 21.9 Å². The predicted molar refractivity (Wildman–Crippen MR) is 67.8 cm³/mol. The van der Waals surface area contributed by atoms with Crippen LogP contribution in [-0.4, -0.2) is 35.2 Å². The minimum absolute atomic E-state index is 0.633. The van der Waals surface area contributed by atoms with Gasteiger partial charge in [-0.1, -0.05) is 28.1 Å². The van der Waals surface area contributed by atoms with Crippen LogP contribution in [0.1, 0.15) is 18.5 Å². The highest BCUT2D eigenvalue weighted by Gasteiger charge is 2.33. The maximum atomic E-state index is 12.5. The molecule has 0 saturated heterocycles. The molecule has 1 unspecified atom stereocenters. The molecule has 0 amide bonds. The Morgan fingerprint density at radius 3 is 2.32 bits per heavy atom. The molecule has 0 bridgehead atoms. The van der Waals surface area contributed by atoms with Gasteiger partial charge in [-0.15, -0.1) is 0 Å². The van der Waals surface area contributed by atoms with Gasteiger partial charge in [0.05, 0.1) is 13.1 Å². The van der Waals surface area contributed by atoms with E-state index in [2.05, 4.69) is 15.9 Å². The van der Waals surface area contributed by atoms with E-state index in [1.165, 1.54) is 0 Å². The lowest BCUT2D eigenvalue weighted by molar-refractivity contribution is -0.157. The molecule has 19 heavy (non-hydrogen) atoms. The van der Waals surface area contributed by atoms with Crippen molar-refractivity contribution in [1.82, 2.24) is 4.90 Å². The standard InChI is InChI=1S/C12H13BrF3NO2/c1-8(9-2-4-10(13)5-3-9)17(6-11(18)19)7-12(14,15)16/h2-5,8H,6-7H2,1H3,(H,18,19). The normalized spacial score (nSPS) is 13.6. The van der Waals surface area contributed by atoms with Crippen molar-refractivity contribution in [3.63, 3.8) is 0 Å². The largest absolute Gasteiger partial charge is 0.480 e. The molecular weight excluding hydrogens is 327 g/mol. The molecule has 0 fully saturated rings. The molecule has 0 aliphatic carbocycles. The highest BCUT2D eigenvalue weighted by Crippen LogP contribution is 2.26. The van der Waals surface area contributed by atoms with Crippen LogP contribution in [0.3, 0.4) is 0 Å². The Morgan fingerprint density at radius 1 is 1.37 bits per heavy atom. The predicted octanol–water partition coefficient (Wildman–Crippen LogP) is 3.46. The molecule has 1 atom stereocenters. The van der Waals surface area contributed by atoms with Gasteiger partial charge >= 0.3 is 12.1 Å². The van der Waals surface area contributed by atoms with Crippen LogP contribution < -0.4 is 0 Å². The number of hydrogen-bond donors (Lipinski definition) is 1. The number of halogens is 4. The molecule has 1 rings (SSSR count). The number of carboxylic acid groups (broad SMARTS) is 1. The van der Waals surface area contributed by atoms with Gasteiger partial charge in [0.1, 0.15) is 0 Å². The lowest BCUT2D eigenvalue weighted by atomic mass is 10.1. The first-order valence-corrected chi connectivity index (χ1v) is 6.26. The first-order chi connectivity index (χ1) is 8.69. The average Bonchev–Trinajstić information content (AvgIpc) is 2.25. The van der Waals surface area contributed by atoms with Crippen LogP contribution in [-0.2, 0) is 4.79 Å². The Hall–Kier alpha value is -1.08. The Bertz CT molecular complexity index is 434. The molecule has 0 saturated carbocycles. The topological polar surface area (TPSA) is 40.5 Å². The van der Waals surface area contributed by atoms with E-state index in [9.17, 15) is 18.0 Å². The van der Waals surface area contributed by atoms with Crippen molar-refractivity contribution in [2.24, 2.45) is 0 Å². The molecule has 0 spiro atoms. The van der Waals surface area contributed by atoms with Crippen LogP contribution in [0.5, 0.6) is 0 Å². The van der Waals surface area contributed by atoms with Crippen LogP contribution in [0, 0.1) is 0 Å². The van der Waals surface area contributed by atoms with Crippen molar-refractivity contribution in [2.75, 3.05) is 13.1 Å². The van der Waals surface area contributed by atoms with Crippen LogP contribution >= 0.6 is 15.9 Å². The van der Waals surface area contributed by atoms with Gasteiger partial charge in [0.25, 0.3) is 0 Å². The van der Waals surface area contributed by atoms with Crippen LogP contribution in [0.25, 0.3) is 0 Å². The fourth-order valence-electron chi connectivity index (χ4n) is 1.69. The zero-order chi connectivity index (χ0) is 14.6. The number of carboxylic acids is 1. The zero-order valence-corrected chi connectivity index (χ0v) is 11.7. The summed E-state index contributed by atoms with van der Waals surface area (Å²) in [4.78, 5) is 11.5. The van der Waals surface area contributed by atoms with Crippen molar-refractivity contribution in [1.29, 1.82) is 0 Å². The Morgan fingerprint density at radius 2 is 1.89 bits per heavy atom. The number of aliphatic carboxylic acids is 1. The molecule has 0 heterocycles. The van der Waals surface area contributed by atoms with Crippen LogP contribution in [0.2, 0.25) is 0 Å². The molecule has 0 aromatic heterocycles. The fourth-order valence-corrected chi connectivity index (χ4v) is 1.95.